The van der Waals surface area contributed by atoms with Crippen LogP contribution in [0.5, 0.6) is 0 Å². The Morgan fingerprint density at radius 2 is 1.90 bits per heavy atom. The zero-order valence-electron chi connectivity index (χ0n) is 12.6. The molecule has 4 nitrogen and oxygen atoms in total. The van der Waals surface area contributed by atoms with Gasteiger partial charge >= 0.3 is 0 Å². The Bertz CT molecular complexity index is 597. The normalized spacial score (nSPS) is 17.8. The van der Waals surface area contributed by atoms with Crippen LogP contribution in [0.4, 0.5) is 0 Å². The molecule has 2 heterocycles. The fraction of sp³-hybridized carbons (Fsp3) is 0.562. The van der Waals surface area contributed by atoms with Crippen molar-refractivity contribution in [3.63, 3.8) is 0 Å². The largest absolute Gasteiger partial charge is 0.379 e. The second kappa shape index (κ2) is 5.19. The van der Waals surface area contributed by atoms with Crippen LogP contribution in [0.2, 0.25) is 0 Å². The van der Waals surface area contributed by atoms with Crippen molar-refractivity contribution in [2.24, 2.45) is 7.05 Å². The molecule has 1 aromatic carbocycles. The first kappa shape index (κ1) is 13.6. The van der Waals surface area contributed by atoms with Crippen LogP contribution >= 0.6 is 0 Å². The average molecular weight is 273 g/mol. The predicted octanol–water partition coefficient (Wildman–Crippen LogP) is 2.18. The Kier molecular flexibility index (Phi) is 3.52. The maximum absolute atomic E-state index is 5.43. The maximum Gasteiger partial charge on any atom is 0.116 e. The molecule has 1 aromatic heterocycles. The number of aromatic nitrogens is 2. The second-order valence-corrected chi connectivity index (χ2v) is 6.26. The lowest BCUT2D eigenvalue weighted by Crippen LogP contribution is -2.44. The maximum atomic E-state index is 5.43. The molecule has 1 aliphatic heterocycles. The van der Waals surface area contributed by atoms with E-state index in [2.05, 4.69) is 48.6 Å². The number of rotatable bonds is 3. The molecular weight excluding hydrogens is 250 g/mol. The summed E-state index contributed by atoms with van der Waals surface area (Å²) in [6.07, 6.45) is 0. The summed E-state index contributed by atoms with van der Waals surface area (Å²) >= 11 is 0. The average Bonchev–Trinajstić information content (AvgIpc) is 2.78. The number of aryl methyl sites for hydroxylation is 1. The molecule has 1 aliphatic rings. The minimum absolute atomic E-state index is 0.0328. The van der Waals surface area contributed by atoms with Crippen LogP contribution in [0.15, 0.2) is 24.3 Å². The highest BCUT2D eigenvalue weighted by Crippen LogP contribution is 2.27. The summed E-state index contributed by atoms with van der Waals surface area (Å²) in [5.41, 5.74) is 2.32. The third-order valence-electron chi connectivity index (χ3n) is 4.12. The number of ether oxygens (including phenoxy) is 1. The Hall–Kier alpha value is -1.39. The fourth-order valence-electron chi connectivity index (χ4n) is 3.14. The van der Waals surface area contributed by atoms with Gasteiger partial charge in [0.15, 0.2) is 0 Å². The number of morpholine rings is 1. The van der Waals surface area contributed by atoms with Gasteiger partial charge in [-0.2, -0.15) is 0 Å². The number of imidazole rings is 1. The van der Waals surface area contributed by atoms with Crippen molar-refractivity contribution in [3.8, 4) is 0 Å². The molecule has 0 amide bonds. The van der Waals surface area contributed by atoms with Crippen LogP contribution in [0.3, 0.4) is 0 Å². The SMILES string of the molecule is Cn1c(C(C)(C)CN2CCOCC2)nc2ccccc21. The number of nitrogens with zero attached hydrogens (tertiary/aromatic N) is 3. The topological polar surface area (TPSA) is 30.3 Å². The Morgan fingerprint density at radius 1 is 1.20 bits per heavy atom. The highest BCUT2D eigenvalue weighted by Gasteiger charge is 2.29. The van der Waals surface area contributed by atoms with Crippen LogP contribution < -0.4 is 0 Å². The molecule has 0 saturated carbocycles. The number of benzene rings is 1. The van der Waals surface area contributed by atoms with E-state index in [1.54, 1.807) is 0 Å². The van der Waals surface area contributed by atoms with Gasteiger partial charge in [0.05, 0.1) is 24.2 Å². The number of hydrogen-bond acceptors (Lipinski definition) is 3. The van der Waals surface area contributed by atoms with E-state index in [9.17, 15) is 0 Å². The van der Waals surface area contributed by atoms with Crippen molar-refractivity contribution in [1.82, 2.24) is 14.5 Å². The molecule has 4 heteroatoms. The van der Waals surface area contributed by atoms with Crippen LogP contribution in [-0.4, -0.2) is 47.3 Å². The molecule has 108 valence electrons. The van der Waals surface area contributed by atoms with E-state index in [1.165, 1.54) is 5.52 Å². The molecular formula is C16H23N3O. The molecule has 0 radical (unpaired) electrons. The second-order valence-electron chi connectivity index (χ2n) is 6.26. The van der Waals surface area contributed by atoms with Gasteiger partial charge < -0.3 is 9.30 Å². The summed E-state index contributed by atoms with van der Waals surface area (Å²) < 4.78 is 7.66. The van der Waals surface area contributed by atoms with Gasteiger partial charge in [0.2, 0.25) is 0 Å². The summed E-state index contributed by atoms with van der Waals surface area (Å²) in [6, 6.07) is 8.34. The minimum Gasteiger partial charge on any atom is -0.379 e. The van der Waals surface area contributed by atoms with Gasteiger partial charge in [0.25, 0.3) is 0 Å². The standard InChI is InChI=1S/C16H23N3O/c1-16(2,12-19-8-10-20-11-9-19)15-17-13-6-4-5-7-14(13)18(15)3/h4-7H,8-12H2,1-3H3. The number of hydrogen-bond donors (Lipinski definition) is 0. The van der Waals surface area contributed by atoms with Gasteiger partial charge in [-0.25, -0.2) is 4.98 Å². The van der Waals surface area contributed by atoms with Gasteiger partial charge in [-0.05, 0) is 12.1 Å². The van der Waals surface area contributed by atoms with Crippen LogP contribution in [0, 0.1) is 0 Å². The lowest BCUT2D eigenvalue weighted by molar-refractivity contribution is 0.0287. The van der Waals surface area contributed by atoms with E-state index in [0.717, 1.165) is 44.2 Å². The molecule has 0 bridgehead atoms. The van der Waals surface area contributed by atoms with Crippen molar-refractivity contribution in [2.45, 2.75) is 19.3 Å². The molecule has 1 saturated heterocycles. The molecule has 20 heavy (non-hydrogen) atoms. The van der Waals surface area contributed by atoms with Gasteiger partial charge in [-0.3, -0.25) is 4.90 Å². The van der Waals surface area contributed by atoms with Crippen LogP contribution in [-0.2, 0) is 17.2 Å². The van der Waals surface area contributed by atoms with E-state index in [4.69, 9.17) is 9.72 Å². The van der Waals surface area contributed by atoms with Gasteiger partial charge in [-0.1, -0.05) is 26.0 Å². The first-order chi connectivity index (χ1) is 9.58. The quantitative estimate of drug-likeness (QED) is 0.858. The Labute approximate surface area is 120 Å². The Morgan fingerprint density at radius 3 is 2.60 bits per heavy atom. The first-order valence-corrected chi connectivity index (χ1v) is 7.30. The lowest BCUT2D eigenvalue weighted by atomic mass is 9.91. The van der Waals surface area contributed by atoms with E-state index in [-0.39, 0.29) is 5.41 Å². The summed E-state index contributed by atoms with van der Waals surface area (Å²) in [5, 5.41) is 0. The zero-order valence-corrected chi connectivity index (χ0v) is 12.6. The number of para-hydroxylation sites is 2. The first-order valence-electron chi connectivity index (χ1n) is 7.30. The van der Waals surface area contributed by atoms with E-state index in [0.29, 0.717) is 0 Å². The predicted molar refractivity (Wildman–Crippen MR) is 81.0 cm³/mol. The highest BCUT2D eigenvalue weighted by atomic mass is 16.5. The molecule has 0 aliphatic carbocycles. The summed E-state index contributed by atoms with van der Waals surface area (Å²) in [4.78, 5) is 7.33. The molecule has 0 unspecified atom stereocenters. The van der Waals surface area contributed by atoms with Crippen molar-refractivity contribution in [3.05, 3.63) is 30.1 Å². The third kappa shape index (κ3) is 2.45. The van der Waals surface area contributed by atoms with Crippen molar-refractivity contribution in [1.29, 1.82) is 0 Å². The van der Waals surface area contributed by atoms with E-state index < -0.39 is 0 Å². The molecule has 1 fully saturated rings. The molecule has 0 atom stereocenters. The molecule has 0 spiro atoms. The van der Waals surface area contributed by atoms with Gasteiger partial charge in [0, 0.05) is 32.1 Å². The molecule has 3 rings (SSSR count). The minimum atomic E-state index is 0.0328. The molecule has 2 aromatic rings. The molecule has 0 N–H and O–H groups in total. The Balaban J connectivity index is 1.89. The highest BCUT2D eigenvalue weighted by molar-refractivity contribution is 5.76. The van der Waals surface area contributed by atoms with Crippen molar-refractivity contribution < 1.29 is 4.74 Å². The fourth-order valence-corrected chi connectivity index (χ4v) is 3.14. The van der Waals surface area contributed by atoms with Crippen molar-refractivity contribution >= 4 is 11.0 Å². The van der Waals surface area contributed by atoms with E-state index in [1.807, 2.05) is 6.07 Å². The third-order valence-corrected chi connectivity index (χ3v) is 4.12. The summed E-state index contributed by atoms with van der Waals surface area (Å²) in [5.74, 6) is 1.16. The number of fused-ring (bicyclic) bond motifs is 1. The lowest BCUT2D eigenvalue weighted by Gasteiger charge is -2.34. The smallest absolute Gasteiger partial charge is 0.116 e. The van der Waals surface area contributed by atoms with Crippen molar-refractivity contribution in [2.75, 3.05) is 32.8 Å². The summed E-state index contributed by atoms with van der Waals surface area (Å²) in [6.45, 7) is 9.32. The van der Waals surface area contributed by atoms with Gasteiger partial charge in [-0.15, -0.1) is 0 Å². The zero-order chi connectivity index (χ0) is 14.2. The summed E-state index contributed by atoms with van der Waals surface area (Å²) in [7, 11) is 2.12. The van der Waals surface area contributed by atoms with Crippen LogP contribution in [0.1, 0.15) is 19.7 Å². The monoisotopic (exact) mass is 273 g/mol. The van der Waals surface area contributed by atoms with Crippen LogP contribution in [0.25, 0.3) is 11.0 Å². The van der Waals surface area contributed by atoms with E-state index >= 15 is 0 Å². The van der Waals surface area contributed by atoms with Gasteiger partial charge in [0.1, 0.15) is 5.82 Å².